The number of amides is 2. The minimum Gasteiger partial charge on any atom is -0.368 e. The van der Waals surface area contributed by atoms with Crippen molar-refractivity contribution in [2.24, 2.45) is 5.73 Å². The highest BCUT2D eigenvalue weighted by molar-refractivity contribution is 6.30. The Morgan fingerprint density at radius 1 is 1.15 bits per heavy atom. The fraction of sp³-hybridized carbons (Fsp3) is 0.222. The molecular weight excluding hydrogens is 372 g/mol. The smallest absolute Gasteiger partial charge is 0.269 e. The third kappa shape index (κ3) is 6.05. The average Bonchev–Trinajstić information content (AvgIpc) is 2.60. The number of hydrogen-bond donors (Lipinski definition) is 3. The summed E-state index contributed by atoms with van der Waals surface area (Å²) in [5.41, 5.74) is 6.49. The fourth-order valence-corrected chi connectivity index (χ4v) is 2.62. The Morgan fingerprint density at radius 2 is 1.74 bits per heavy atom. The summed E-state index contributed by atoms with van der Waals surface area (Å²) in [7, 11) is 0. The number of halogens is 1. The predicted octanol–water partition coefficient (Wildman–Crippen LogP) is 2.78. The van der Waals surface area contributed by atoms with Gasteiger partial charge in [-0.1, -0.05) is 23.7 Å². The Bertz CT molecular complexity index is 824. The number of nitro groups is 1. The number of nitrogens with two attached hydrogens (primary N) is 1. The molecule has 0 aliphatic carbocycles. The molecule has 8 nitrogen and oxygen atoms in total. The highest BCUT2D eigenvalue weighted by atomic mass is 35.5. The minimum atomic E-state index is -0.760. The molecule has 0 aliphatic rings. The van der Waals surface area contributed by atoms with Crippen LogP contribution in [0.25, 0.3) is 0 Å². The van der Waals surface area contributed by atoms with Crippen molar-refractivity contribution in [3.8, 4) is 0 Å². The van der Waals surface area contributed by atoms with Crippen LogP contribution >= 0.6 is 11.6 Å². The van der Waals surface area contributed by atoms with E-state index < -0.39 is 16.9 Å². The normalized spacial score (nSPS) is 12.8. The number of nitrogens with zero attached hydrogens (tertiary/aromatic N) is 1. The lowest BCUT2D eigenvalue weighted by Crippen LogP contribution is -2.40. The first kappa shape index (κ1) is 20.3. The van der Waals surface area contributed by atoms with Gasteiger partial charge in [-0.3, -0.25) is 25.0 Å². The molecule has 2 aromatic carbocycles. The van der Waals surface area contributed by atoms with Crippen LogP contribution in [0.15, 0.2) is 48.5 Å². The first-order valence-corrected chi connectivity index (χ1v) is 8.49. The summed E-state index contributed by atoms with van der Waals surface area (Å²) in [6.45, 7) is 1.75. The van der Waals surface area contributed by atoms with Crippen LogP contribution in [-0.4, -0.2) is 22.8 Å². The Balaban J connectivity index is 1.95. The van der Waals surface area contributed by atoms with Gasteiger partial charge in [-0.25, -0.2) is 0 Å². The maximum Gasteiger partial charge on any atom is 0.269 e. The van der Waals surface area contributed by atoms with Crippen molar-refractivity contribution in [2.75, 3.05) is 5.32 Å². The van der Waals surface area contributed by atoms with Gasteiger partial charge in [0.2, 0.25) is 11.8 Å². The Morgan fingerprint density at radius 3 is 2.26 bits per heavy atom. The van der Waals surface area contributed by atoms with E-state index in [0.29, 0.717) is 16.3 Å². The summed E-state index contributed by atoms with van der Waals surface area (Å²) in [6, 6.07) is 11.1. The average molecular weight is 391 g/mol. The highest BCUT2D eigenvalue weighted by Crippen LogP contribution is 2.18. The first-order valence-electron chi connectivity index (χ1n) is 8.11. The van der Waals surface area contributed by atoms with Gasteiger partial charge in [-0.15, -0.1) is 0 Å². The van der Waals surface area contributed by atoms with Gasteiger partial charge < -0.3 is 11.1 Å². The molecule has 142 valence electrons. The second-order valence-electron chi connectivity index (χ2n) is 6.01. The molecule has 0 saturated heterocycles. The van der Waals surface area contributed by atoms with E-state index in [1.54, 1.807) is 31.2 Å². The number of anilines is 1. The van der Waals surface area contributed by atoms with E-state index in [9.17, 15) is 19.7 Å². The summed E-state index contributed by atoms with van der Waals surface area (Å²) in [4.78, 5) is 34.0. The van der Waals surface area contributed by atoms with Crippen molar-refractivity contribution in [3.63, 3.8) is 0 Å². The van der Waals surface area contributed by atoms with Crippen LogP contribution in [0, 0.1) is 10.1 Å². The summed E-state index contributed by atoms with van der Waals surface area (Å²) in [6.07, 6.45) is 0.0777. The molecular formula is C18H19ClN4O4. The van der Waals surface area contributed by atoms with E-state index in [4.69, 9.17) is 17.3 Å². The van der Waals surface area contributed by atoms with Gasteiger partial charge in [0.05, 0.1) is 4.92 Å². The summed E-state index contributed by atoms with van der Waals surface area (Å²) in [5.74, 6) is -0.872. The lowest BCUT2D eigenvalue weighted by atomic mass is 10.0. The zero-order valence-corrected chi connectivity index (χ0v) is 15.3. The molecule has 2 aromatic rings. The number of nitrogens with one attached hydrogen (secondary N) is 2. The van der Waals surface area contributed by atoms with Crippen molar-refractivity contribution in [1.82, 2.24) is 5.32 Å². The van der Waals surface area contributed by atoms with Crippen LogP contribution in [0.2, 0.25) is 5.02 Å². The lowest BCUT2D eigenvalue weighted by molar-refractivity contribution is -0.384. The van der Waals surface area contributed by atoms with Crippen molar-refractivity contribution in [3.05, 3.63) is 69.2 Å². The molecule has 4 N–H and O–H groups in total. The maximum atomic E-state index is 12.2. The number of non-ortho nitro benzene ring substituents is 1. The Kier molecular flexibility index (Phi) is 6.86. The molecule has 0 aromatic heterocycles. The molecule has 0 bridgehead atoms. The van der Waals surface area contributed by atoms with E-state index in [1.807, 2.05) is 0 Å². The molecule has 9 heteroatoms. The molecule has 0 fully saturated rings. The van der Waals surface area contributed by atoms with Gasteiger partial charge in [0.25, 0.3) is 5.69 Å². The van der Waals surface area contributed by atoms with Crippen molar-refractivity contribution in [2.45, 2.75) is 25.4 Å². The third-order valence-corrected chi connectivity index (χ3v) is 4.04. The molecule has 2 amide bonds. The molecule has 0 aliphatic heterocycles. The third-order valence-electron chi connectivity index (χ3n) is 3.79. The van der Waals surface area contributed by atoms with Gasteiger partial charge in [0.1, 0.15) is 6.04 Å². The number of rotatable bonds is 8. The van der Waals surface area contributed by atoms with Crippen LogP contribution < -0.4 is 16.4 Å². The van der Waals surface area contributed by atoms with Gasteiger partial charge in [-0.2, -0.15) is 0 Å². The van der Waals surface area contributed by atoms with Gasteiger partial charge >= 0.3 is 0 Å². The molecule has 2 atom stereocenters. The molecule has 0 spiro atoms. The Labute approximate surface area is 160 Å². The Hall–Kier alpha value is -2.97. The molecule has 2 unspecified atom stereocenters. The summed E-state index contributed by atoms with van der Waals surface area (Å²) >= 11 is 5.85. The van der Waals surface area contributed by atoms with Crippen LogP contribution in [0.5, 0.6) is 0 Å². The SMILES string of the molecule is CC(CC(=O)Nc1ccc([N+](=O)[O-])cc1)NC(C(N)=O)c1ccc(Cl)cc1. The fourth-order valence-electron chi connectivity index (χ4n) is 2.50. The zero-order valence-electron chi connectivity index (χ0n) is 14.5. The number of carbonyl (C=O) groups excluding carboxylic acids is 2. The van der Waals surface area contributed by atoms with E-state index in [2.05, 4.69) is 10.6 Å². The van der Waals surface area contributed by atoms with Crippen LogP contribution in [-0.2, 0) is 9.59 Å². The number of primary amides is 1. The van der Waals surface area contributed by atoms with Crippen LogP contribution in [0.1, 0.15) is 24.9 Å². The van der Waals surface area contributed by atoms with Crippen molar-refractivity contribution < 1.29 is 14.5 Å². The number of carbonyl (C=O) groups is 2. The second-order valence-corrected chi connectivity index (χ2v) is 6.45. The molecule has 0 saturated carbocycles. The van der Waals surface area contributed by atoms with E-state index in [-0.39, 0.29) is 24.1 Å². The predicted molar refractivity (Wildman–Crippen MR) is 102 cm³/mol. The maximum absolute atomic E-state index is 12.2. The van der Waals surface area contributed by atoms with Crippen molar-refractivity contribution >= 4 is 34.8 Å². The number of hydrogen-bond acceptors (Lipinski definition) is 5. The van der Waals surface area contributed by atoms with Gasteiger partial charge in [-0.05, 0) is 36.8 Å². The summed E-state index contributed by atoms with van der Waals surface area (Å²) < 4.78 is 0. The monoisotopic (exact) mass is 390 g/mol. The van der Waals surface area contributed by atoms with Crippen molar-refractivity contribution in [1.29, 1.82) is 0 Å². The van der Waals surface area contributed by atoms with E-state index >= 15 is 0 Å². The van der Waals surface area contributed by atoms with Gasteiger partial charge in [0, 0.05) is 35.3 Å². The largest absolute Gasteiger partial charge is 0.368 e. The van der Waals surface area contributed by atoms with Gasteiger partial charge in [0.15, 0.2) is 0 Å². The van der Waals surface area contributed by atoms with E-state index in [1.165, 1.54) is 24.3 Å². The standard InChI is InChI=1S/C18H19ClN4O4/c1-11(21-17(18(20)25)12-2-4-13(19)5-3-12)10-16(24)22-14-6-8-15(9-7-14)23(26)27/h2-9,11,17,21H,10H2,1H3,(H2,20,25)(H,22,24). The van der Waals surface area contributed by atoms with E-state index in [0.717, 1.165) is 0 Å². The number of nitro benzene ring substituents is 1. The first-order chi connectivity index (χ1) is 12.8. The van der Waals surface area contributed by atoms with Crippen LogP contribution in [0.3, 0.4) is 0 Å². The second kappa shape index (κ2) is 9.11. The zero-order chi connectivity index (χ0) is 20.0. The van der Waals surface area contributed by atoms with Crippen LogP contribution in [0.4, 0.5) is 11.4 Å². The molecule has 2 rings (SSSR count). The lowest BCUT2D eigenvalue weighted by Gasteiger charge is -2.21. The molecule has 0 heterocycles. The topological polar surface area (TPSA) is 127 Å². The minimum absolute atomic E-state index is 0.0599. The quantitative estimate of drug-likeness (QED) is 0.471. The highest BCUT2D eigenvalue weighted by Gasteiger charge is 2.21. The summed E-state index contributed by atoms with van der Waals surface area (Å²) in [5, 5.41) is 16.9. The number of benzene rings is 2. The molecule has 27 heavy (non-hydrogen) atoms. The molecule has 0 radical (unpaired) electrons.